The minimum Gasteiger partial charge on any atom is -0.329 e. The van der Waals surface area contributed by atoms with Gasteiger partial charge in [0.05, 0.1) is 0 Å². The zero-order valence-corrected chi connectivity index (χ0v) is 10.0. The molecule has 0 saturated carbocycles. The molecule has 1 heterocycles. The molecule has 0 atom stereocenters. The molecule has 1 rings (SSSR count). The lowest BCUT2D eigenvalue weighted by Crippen LogP contribution is -2.36. The normalized spacial score (nSPS) is 11.4. The Kier molecular flexibility index (Phi) is 4.52. The molecular formula is C11H14F3N3O. The number of halogens is 3. The second-order valence-electron chi connectivity index (χ2n) is 4.05. The van der Waals surface area contributed by atoms with Gasteiger partial charge in [-0.1, -0.05) is 19.9 Å². The summed E-state index contributed by atoms with van der Waals surface area (Å²) in [7, 11) is 0. The highest BCUT2D eigenvalue weighted by Crippen LogP contribution is 2.15. The highest BCUT2D eigenvalue weighted by atomic mass is 19.4. The molecule has 1 aromatic heterocycles. The number of carbonyl (C=O) groups is 1. The largest absolute Gasteiger partial charge is 0.405 e. The number of hydrogen-bond acceptors (Lipinski definition) is 2. The zero-order valence-electron chi connectivity index (χ0n) is 10.0. The molecular weight excluding hydrogens is 247 g/mol. The van der Waals surface area contributed by atoms with Gasteiger partial charge in [-0.15, -0.1) is 0 Å². The Hall–Kier alpha value is -1.79. The molecule has 0 radical (unpaired) electrons. The highest BCUT2D eigenvalue weighted by molar-refractivity contribution is 5.88. The number of alkyl halides is 3. The van der Waals surface area contributed by atoms with E-state index in [2.05, 4.69) is 10.3 Å². The Morgan fingerprint density at radius 2 is 2.06 bits per heavy atom. The van der Waals surface area contributed by atoms with E-state index in [-0.39, 0.29) is 5.82 Å². The first-order chi connectivity index (χ1) is 8.28. The van der Waals surface area contributed by atoms with E-state index in [1.807, 2.05) is 13.8 Å². The molecule has 2 N–H and O–H groups in total. The quantitative estimate of drug-likeness (QED) is 0.879. The number of hydrogen-bond donors (Lipinski definition) is 2. The number of urea groups is 1. The van der Waals surface area contributed by atoms with Crippen molar-refractivity contribution in [1.29, 1.82) is 0 Å². The molecule has 100 valence electrons. The van der Waals surface area contributed by atoms with E-state index in [1.54, 1.807) is 23.6 Å². The van der Waals surface area contributed by atoms with Gasteiger partial charge in [-0.2, -0.15) is 13.2 Å². The molecule has 0 aliphatic rings. The summed E-state index contributed by atoms with van der Waals surface area (Å²) < 4.78 is 35.5. The topological polar surface area (TPSA) is 54.0 Å². The number of anilines is 1. The lowest BCUT2D eigenvalue weighted by Gasteiger charge is -2.10. The van der Waals surface area contributed by atoms with Crippen LogP contribution in [0.4, 0.5) is 23.8 Å². The minimum atomic E-state index is -4.42. The molecule has 0 unspecified atom stereocenters. The maximum atomic E-state index is 11.8. The van der Waals surface area contributed by atoms with Crippen molar-refractivity contribution in [3.05, 3.63) is 23.9 Å². The van der Waals surface area contributed by atoms with E-state index in [9.17, 15) is 18.0 Å². The van der Waals surface area contributed by atoms with Gasteiger partial charge in [0.25, 0.3) is 0 Å². The second kappa shape index (κ2) is 5.70. The molecule has 0 aliphatic carbocycles. The van der Waals surface area contributed by atoms with Crippen molar-refractivity contribution in [2.45, 2.75) is 25.9 Å². The molecule has 2 amide bonds. The summed E-state index contributed by atoms with van der Waals surface area (Å²) in [4.78, 5) is 15.0. The summed E-state index contributed by atoms with van der Waals surface area (Å²) in [6, 6.07) is 2.37. The van der Waals surface area contributed by atoms with Crippen LogP contribution in [0.15, 0.2) is 18.3 Å². The maximum Gasteiger partial charge on any atom is 0.405 e. The van der Waals surface area contributed by atoms with Crippen LogP contribution in [0.25, 0.3) is 0 Å². The molecule has 0 saturated heterocycles. The van der Waals surface area contributed by atoms with Gasteiger partial charge in [-0.25, -0.2) is 9.78 Å². The van der Waals surface area contributed by atoms with Crippen molar-refractivity contribution < 1.29 is 18.0 Å². The average molecular weight is 261 g/mol. The lowest BCUT2D eigenvalue weighted by atomic mass is 10.1. The van der Waals surface area contributed by atoms with Gasteiger partial charge in [-0.3, -0.25) is 5.32 Å². The Morgan fingerprint density at radius 3 is 2.50 bits per heavy atom. The minimum absolute atomic E-state index is 0.207. The van der Waals surface area contributed by atoms with Crippen LogP contribution in [-0.4, -0.2) is 23.7 Å². The van der Waals surface area contributed by atoms with Crippen LogP contribution in [0.1, 0.15) is 25.3 Å². The number of amides is 2. The highest BCUT2D eigenvalue weighted by Gasteiger charge is 2.27. The molecule has 0 aliphatic heterocycles. The molecule has 0 bridgehead atoms. The molecule has 0 fully saturated rings. The summed E-state index contributed by atoms with van der Waals surface area (Å²) in [5.41, 5.74) is 0.983. The van der Waals surface area contributed by atoms with E-state index in [0.717, 1.165) is 5.56 Å². The lowest BCUT2D eigenvalue weighted by molar-refractivity contribution is -0.122. The first kappa shape index (κ1) is 14.3. The van der Waals surface area contributed by atoms with Crippen LogP contribution >= 0.6 is 0 Å². The van der Waals surface area contributed by atoms with E-state index in [0.29, 0.717) is 5.92 Å². The molecule has 0 spiro atoms. The SMILES string of the molecule is CC(C)c1ccc(NC(=O)NCC(F)(F)F)nc1. The number of nitrogens with zero attached hydrogens (tertiary/aromatic N) is 1. The van der Waals surface area contributed by atoms with Crippen LogP contribution in [0.5, 0.6) is 0 Å². The number of rotatable bonds is 3. The Balaban J connectivity index is 2.50. The smallest absolute Gasteiger partial charge is 0.329 e. The number of nitrogens with one attached hydrogen (secondary N) is 2. The number of aromatic nitrogens is 1. The molecule has 0 aromatic carbocycles. The predicted molar refractivity (Wildman–Crippen MR) is 61.4 cm³/mol. The van der Waals surface area contributed by atoms with Gasteiger partial charge < -0.3 is 5.32 Å². The predicted octanol–water partition coefficient (Wildman–Crippen LogP) is 2.89. The zero-order chi connectivity index (χ0) is 13.8. The number of pyridine rings is 1. The summed E-state index contributed by atoms with van der Waals surface area (Å²) in [5.74, 6) is 0.504. The van der Waals surface area contributed by atoms with E-state index < -0.39 is 18.8 Å². The first-order valence-electron chi connectivity index (χ1n) is 5.35. The van der Waals surface area contributed by atoms with Gasteiger partial charge in [0.15, 0.2) is 0 Å². The van der Waals surface area contributed by atoms with Gasteiger partial charge in [0, 0.05) is 6.20 Å². The van der Waals surface area contributed by atoms with Gasteiger partial charge in [-0.05, 0) is 17.5 Å². The van der Waals surface area contributed by atoms with Crippen LogP contribution in [0.3, 0.4) is 0 Å². The summed E-state index contributed by atoms with van der Waals surface area (Å²) >= 11 is 0. The average Bonchev–Trinajstić information content (AvgIpc) is 2.26. The van der Waals surface area contributed by atoms with Crippen LogP contribution < -0.4 is 10.6 Å². The van der Waals surface area contributed by atoms with Crippen molar-refractivity contribution in [3.8, 4) is 0 Å². The summed E-state index contributed by atoms with van der Waals surface area (Å²) in [5, 5.41) is 3.91. The standard InChI is InChI=1S/C11H14F3N3O/c1-7(2)8-3-4-9(15-5-8)17-10(18)16-6-11(12,13)14/h3-5,7H,6H2,1-2H3,(H2,15,16,17,18). The summed E-state index contributed by atoms with van der Waals surface area (Å²) in [6.07, 6.45) is -2.85. The van der Waals surface area contributed by atoms with Crippen LogP contribution in [0.2, 0.25) is 0 Å². The first-order valence-corrected chi connectivity index (χ1v) is 5.35. The van der Waals surface area contributed by atoms with Crippen molar-refractivity contribution >= 4 is 11.8 Å². The third-order valence-corrected chi connectivity index (χ3v) is 2.14. The van der Waals surface area contributed by atoms with Gasteiger partial charge in [0.1, 0.15) is 12.4 Å². The third-order valence-electron chi connectivity index (χ3n) is 2.14. The monoisotopic (exact) mass is 261 g/mol. The van der Waals surface area contributed by atoms with E-state index in [4.69, 9.17) is 0 Å². The number of carbonyl (C=O) groups excluding carboxylic acids is 1. The van der Waals surface area contributed by atoms with Crippen molar-refractivity contribution in [2.75, 3.05) is 11.9 Å². The Morgan fingerprint density at radius 1 is 1.39 bits per heavy atom. The summed E-state index contributed by atoms with van der Waals surface area (Å²) in [6.45, 7) is 2.60. The van der Waals surface area contributed by atoms with Crippen LogP contribution in [0, 0.1) is 0 Å². The van der Waals surface area contributed by atoms with Gasteiger partial charge >= 0.3 is 12.2 Å². The maximum absolute atomic E-state index is 11.8. The Bertz CT molecular complexity index is 401. The molecule has 18 heavy (non-hydrogen) atoms. The molecule has 1 aromatic rings. The van der Waals surface area contributed by atoms with Crippen molar-refractivity contribution in [3.63, 3.8) is 0 Å². The van der Waals surface area contributed by atoms with E-state index in [1.165, 1.54) is 0 Å². The van der Waals surface area contributed by atoms with Crippen molar-refractivity contribution in [1.82, 2.24) is 10.3 Å². The van der Waals surface area contributed by atoms with Gasteiger partial charge in [0.2, 0.25) is 0 Å². The fourth-order valence-electron chi connectivity index (χ4n) is 1.16. The van der Waals surface area contributed by atoms with Crippen molar-refractivity contribution in [2.24, 2.45) is 0 Å². The fraction of sp³-hybridized carbons (Fsp3) is 0.455. The fourth-order valence-corrected chi connectivity index (χ4v) is 1.16. The second-order valence-corrected chi connectivity index (χ2v) is 4.05. The van der Waals surface area contributed by atoms with E-state index >= 15 is 0 Å². The molecule has 7 heteroatoms. The molecule has 4 nitrogen and oxygen atoms in total. The van der Waals surface area contributed by atoms with Crippen LogP contribution in [-0.2, 0) is 0 Å². The third kappa shape index (κ3) is 5.03. The Labute approximate surface area is 103 Å².